The third-order valence-corrected chi connectivity index (χ3v) is 5.93. The van der Waals surface area contributed by atoms with Crippen molar-refractivity contribution in [1.82, 2.24) is 9.55 Å². The molecule has 1 N–H and O–H groups in total. The second kappa shape index (κ2) is 5.62. The van der Waals surface area contributed by atoms with E-state index in [0.717, 1.165) is 14.8 Å². The number of imidazole rings is 1. The molecule has 1 aliphatic rings. The maximum atomic E-state index is 5.56. The van der Waals surface area contributed by atoms with Crippen LogP contribution in [0, 0.1) is 4.77 Å². The molecule has 102 valence electrons. The Morgan fingerprint density at radius 2 is 2.16 bits per heavy atom. The minimum atomic E-state index is 0.527. The summed E-state index contributed by atoms with van der Waals surface area (Å²) in [6.07, 6.45) is 7.41. The number of rotatable bonds is 2. The Bertz CT molecular complexity index is 646. The summed E-state index contributed by atoms with van der Waals surface area (Å²) in [6, 6.07) is 6.86. The third-order valence-electron chi connectivity index (χ3n) is 3.98. The first kappa shape index (κ1) is 13.7. The summed E-state index contributed by atoms with van der Waals surface area (Å²) in [5, 5.41) is 0.679. The van der Waals surface area contributed by atoms with E-state index in [4.69, 9.17) is 12.2 Å². The fourth-order valence-corrected chi connectivity index (χ4v) is 4.74. The molecule has 0 amide bonds. The van der Waals surface area contributed by atoms with E-state index in [0.29, 0.717) is 11.3 Å². The van der Waals surface area contributed by atoms with E-state index in [1.807, 2.05) is 11.8 Å². The highest BCUT2D eigenvalue weighted by Gasteiger charge is 2.27. The second-order valence-electron chi connectivity index (χ2n) is 5.09. The molecule has 2 nitrogen and oxygen atoms in total. The van der Waals surface area contributed by atoms with Crippen molar-refractivity contribution in [3.05, 3.63) is 27.4 Å². The third kappa shape index (κ3) is 2.52. The van der Waals surface area contributed by atoms with E-state index in [1.54, 1.807) is 0 Å². The molecule has 0 saturated heterocycles. The Balaban J connectivity index is 2.15. The first-order valence-corrected chi connectivity index (χ1v) is 9.12. The predicted octanol–water partition coefficient (Wildman–Crippen LogP) is 5.31. The van der Waals surface area contributed by atoms with Gasteiger partial charge in [0.2, 0.25) is 0 Å². The Labute approximate surface area is 131 Å². The summed E-state index contributed by atoms with van der Waals surface area (Å²) in [6.45, 7) is 0. The molecule has 1 aromatic carbocycles. The van der Waals surface area contributed by atoms with Gasteiger partial charge in [0.1, 0.15) is 0 Å². The molecule has 0 bridgehead atoms. The number of nitrogens with one attached hydrogen (secondary N) is 1. The topological polar surface area (TPSA) is 20.7 Å². The van der Waals surface area contributed by atoms with E-state index in [9.17, 15) is 0 Å². The van der Waals surface area contributed by atoms with Gasteiger partial charge in [-0.3, -0.25) is 0 Å². The van der Waals surface area contributed by atoms with Crippen molar-refractivity contribution < 1.29 is 0 Å². The van der Waals surface area contributed by atoms with E-state index >= 15 is 0 Å². The largest absolute Gasteiger partial charge is 0.331 e. The van der Waals surface area contributed by atoms with Crippen LogP contribution in [0.2, 0.25) is 0 Å². The quantitative estimate of drug-likeness (QED) is 0.736. The number of nitrogens with zero attached hydrogens (tertiary/aromatic N) is 1. The molecule has 2 atom stereocenters. The molecule has 0 aliphatic heterocycles. The highest BCUT2D eigenvalue weighted by Crippen LogP contribution is 2.38. The van der Waals surface area contributed by atoms with Crippen molar-refractivity contribution >= 4 is 50.9 Å². The molecule has 1 aromatic heterocycles. The van der Waals surface area contributed by atoms with Crippen LogP contribution in [0.5, 0.6) is 0 Å². The number of aromatic nitrogens is 2. The van der Waals surface area contributed by atoms with Crippen molar-refractivity contribution in [3.63, 3.8) is 0 Å². The van der Waals surface area contributed by atoms with E-state index < -0.39 is 0 Å². The molecule has 19 heavy (non-hydrogen) atoms. The van der Waals surface area contributed by atoms with Crippen LogP contribution in [0.25, 0.3) is 11.0 Å². The lowest BCUT2D eigenvalue weighted by Crippen LogP contribution is -2.25. The van der Waals surface area contributed by atoms with Gasteiger partial charge in [-0.05, 0) is 49.5 Å². The molecule has 2 aromatic rings. The first-order valence-electron chi connectivity index (χ1n) is 6.63. The molecule has 2 unspecified atom stereocenters. The molecule has 1 heterocycles. The van der Waals surface area contributed by atoms with Crippen molar-refractivity contribution in [2.45, 2.75) is 37.0 Å². The number of benzene rings is 1. The summed E-state index contributed by atoms with van der Waals surface area (Å²) in [5.41, 5.74) is 2.36. The molecule has 1 aliphatic carbocycles. The lowest BCUT2D eigenvalue weighted by molar-refractivity contribution is 0.369. The van der Waals surface area contributed by atoms with Gasteiger partial charge >= 0.3 is 0 Å². The zero-order valence-electron chi connectivity index (χ0n) is 10.9. The molecule has 0 radical (unpaired) electrons. The molecule has 1 fully saturated rings. The summed E-state index contributed by atoms with van der Waals surface area (Å²) < 4.78 is 4.31. The zero-order chi connectivity index (χ0) is 13.4. The van der Waals surface area contributed by atoms with Gasteiger partial charge in [-0.2, -0.15) is 11.8 Å². The van der Waals surface area contributed by atoms with Gasteiger partial charge < -0.3 is 9.55 Å². The number of fused-ring (bicyclic) bond motifs is 1. The highest BCUT2D eigenvalue weighted by atomic mass is 79.9. The van der Waals surface area contributed by atoms with Crippen molar-refractivity contribution in [3.8, 4) is 0 Å². The van der Waals surface area contributed by atoms with Crippen molar-refractivity contribution in [1.29, 1.82) is 0 Å². The van der Waals surface area contributed by atoms with Gasteiger partial charge in [0.05, 0.1) is 11.0 Å². The normalized spacial score (nSPS) is 23.9. The fraction of sp³-hybridized carbons (Fsp3) is 0.500. The number of hydrogen-bond donors (Lipinski definition) is 1. The van der Waals surface area contributed by atoms with Crippen LogP contribution in [0.3, 0.4) is 0 Å². The van der Waals surface area contributed by atoms with Crippen LogP contribution in [0.1, 0.15) is 31.7 Å². The molecular weight excluding hydrogens is 340 g/mol. The van der Waals surface area contributed by atoms with Gasteiger partial charge in [0.15, 0.2) is 4.77 Å². The minimum absolute atomic E-state index is 0.527. The minimum Gasteiger partial charge on any atom is -0.331 e. The smallest absolute Gasteiger partial charge is 0.178 e. The van der Waals surface area contributed by atoms with E-state index in [1.165, 1.54) is 31.2 Å². The summed E-state index contributed by atoms with van der Waals surface area (Å²) in [5.74, 6) is 0. The fourth-order valence-electron chi connectivity index (χ4n) is 3.07. The van der Waals surface area contributed by atoms with Crippen LogP contribution in [0.15, 0.2) is 22.7 Å². The van der Waals surface area contributed by atoms with Gasteiger partial charge in [0, 0.05) is 15.8 Å². The summed E-state index contributed by atoms with van der Waals surface area (Å²) in [7, 11) is 0. The molecular formula is C14H17BrN2S2. The SMILES string of the molecule is CSC1CCCCC1n1c(=S)[nH]c2ccc(Br)cc21. The molecule has 3 rings (SSSR count). The number of H-pyrrole nitrogens is 1. The Kier molecular flexibility index (Phi) is 4.06. The number of thioether (sulfide) groups is 1. The summed E-state index contributed by atoms with van der Waals surface area (Å²) >= 11 is 11.1. The van der Waals surface area contributed by atoms with Crippen LogP contribution >= 0.6 is 39.9 Å². The number of aromatic amines is 1. The Hall–Kier alpha value is -0.260. The maximum absolute atomic E-state index is 5.56. The number of halogens is 1. The second-order valence-corrected chi connectivity index (χ2v) is 7.47. The molecule has 1 saturated carbocycles. The van der Waals surface area contributed by atoms with Crippen molar-refractivity contribution in [2.75, 3.05) is 6.26 Å². The van der Waals surface area contributed by atoms with Gasteiger partial charge in [-0.1, -0.05) is 28.8 Å². The van der Waals surface area contributed by atoms with E-state index in [-0.39, 0.29) is 0 Å². The van der Waals surface area contributed by atoms with Gasteiger partial charge in [0.25, 0.3) is 0 Å². The van der Waals surface area contributed by atoms with Crippen LogP contribution in [-0.2, 0) is 0 Å². The van der Waals surface area contributed by atoms with Crippen LogP contribution < -0.4 is 0 Å². The van der Waals surface area contributed by atoms with Gasteiger partial charge in [-0.15, -0.1) is 0 Å². The Morgan fingerprint density at radius 1 is 1.37 bits per heavy atom. The van der Waals surface area contributed by atoms with Crippen LogP contribution in [-0.4, -0.2) is 21.1 Å². The lowest BCUT2D eigenvalue weighted by Gasteiger charge is -2.31. The van der Waals surface area contributed by atoms with E-state index in [2.05, 4.69) is 49.9 Å². The zero-order valence-corrected chi connectivity index (χ0v) is 14.1. The van der Waals surface area contributed by atoms with Crippen molar-refractivity contribution in [2.24, 2.45) is 0 Å². The van der Waals surface area contributed by atoms with Gasteiger partial charge in [-0.25, -0.2) is 0 Å². The molecule has 0 spiro atoms. The average molecular weight is 357 g/mol. The number of hydrogen-bond acceptors (Lipinski definition) is 2. The average Bonchev–Trinajstić information content (AvgIpc) is 2.74. The van der Waals surface area contributed by atoms with Crippen LogP contribution in [0.4, 0.5) is 0 Å². The summed E-state index contributed by atoms with van der Waals surface area (Å²) in [4.78, 5) is 3.34. The highest BCUT2D eigenvalue weighted by molar-refractivity contribution is 9.10. The predicted molar refractivity (Wildman–Crippen MR) is 89.6 cm³/mol. The maximum Gasteiger partial charge on any atom is 0.178 e. The molecule has 5 heteroatoms. The Morgan fingerprint density at radius 3 is 2.95 bits per heavy atom. The monoisotopic (exact) mass is 356 g/mol. The standard InChI is InChI=1S/C14H17BrN2S2/c1-19-13-5-3-2-4-11(13)17-12-8-9(15)6-7-10(12)16-14(17)18/h6-8,11,13H,2-5H2,1H3,(H,16,18). The first-order chi connectivity index (χ1) is 9.20. The lowest BCUT2D eigenvalue weighted by atomic mass is 9.94.